The number of nitro benzene ring substituents is 1. The van der Waals surface area contributed by atoms with Gasteiger partial charge in [-0.3, -0.25) is 14.9 Å². The first-order valence-electron chi connectivity index (χ1n) is 9.70. The highest BCUT2D eigenvalue weighted by atomic mass is 35.5. The molecule has 170 valence electrons. The molecule has 0 aliphatic carbocycles. The SMILES string of the molecule is COc1cc(/C=N\NC(=O)COc2ccccc2Cl)c([N+](=O)[O-])cc1OCc1ccccc1. The molecule has 0 bridgehead atoms. The van der Waals surface area contributed by atoms with Crippen LogP contribution >= 0.6 is 11.6 Å². The number of benzene rings is 3. The molecule has 0 atom stereocenters. The average Bonchev–Trinajstić information content (AvgIpc) is 2.82. The molecule has 3 rings (SSSR count). The summed E-state index contributed by atoms with van der Waals surface area (Å²) in [5.41, 5.74) is 3.01. The Morgan fingerprint density at radius 2 is 1.79 bits per heavy atom. The first kappa shape index (κ1) is 23.6. The monoisotopic (exact) mass is 469 g/mol. The lowest BCUT2D eigenvalue weighted by Crippen LogP contribution is -2.24. The van der Waals surface area contributed by atoms with Gasteiger partial charge < -0.3 is 14.2 Å². The summed E-state index contributed by atoms with van der Waals surface area (Å²) >= 11 is 5.97. The van der Waals surface area contributed by atoms with E-state index in [2.05, 4.69) is 10.5 Å². The van der Waals surface area contributed by atoms with Crippen LogP contribution < -0.4 is 19.6 Å². The molecule has 10 heteroatoms. The number of methoxy groups -OCH3 is 1. The summed E-state index contributed by atoms with van der Waals surface area (Å²) < 4.78 is 16.3. The van der Waals surface area contributed by atoms with Gasteiger partial charge in [0.25, 0.3) is 11.6 Å². The highest BCUT2D eigenvalue weighted by Gasteiger charge is 2.19. The third-order valence-corrected chi connectivity index (χ3v) is 4.65. The summed E-state index contributed by atoms with van der Waals surface area (Å²) in [5, 5.41) is 15.7. The molecule has 0 aromatic heterocycles. The van der Waals surface area contributed by atoms with E-state index in [0.29, 0.717) is 10.8 Å². The molecular weight excluding hydrogens is 450 g/mol. The number of carbonyl (C=O) groups is 1. The van der Waals surface area contributed by atoms with E-state index < -0.39 is 10.8 Å². The number of ether oxygens (including phenoxy) is 3. The zero-order valence-electron chi connectivity index (χ0n) is 17.6. The van der Waals surface area contributed by atoms with Gasteiger partial charge >= 0.3 is 0 Å². The molecule has 33 heavy (non-hydrogen) atoms. The van der Waals surface area contributed by atoms with Gasteiger partial charge in [0.1, 0.15) is 12.4 Å². The highest BCUT2D eigenvalue weighted by molar-refractivity contribution is 6.32. The van der Waals surface area contributed by atoms with Crippen molar-refractivity contribution in [2.24, 2.45) is 5.10 Å². The quantitative estimate of drug-likeness (QED) is 0.268. The second-order valence-electron chi connectivity index (χ2n) is 6.61. The molecular formula is C23H20ClN3O6. The van der Waals surface area contributed by atoms with Gasteiger partial charge in [-0.05, 0) is 23.8 Å². The van der Waals surface area contributed by atoms with Gasteiger partial charge in [-0.1, -0.05) is 54.1 Å². The number of hydrogen-bond donors (Lipinski definition) is 1. The first-order chi connectivity index (χ1) is 16.0. The minimum Gasteiger partial charge on any atom is -0.493 e. The van der Waals surface area contributed by atoms with Crippen molar-refractivity contribution in [1.29, 1.82) is 0 Å². The Labute approximate surface area is 194 Å². The molecule has 1 amide bonds. The molecule has 1 N–H and O–H groups in total. The Kier molecular flexibility index (Phi) is 8.20. The number of halogens is 1. The average molecular weight is 470 g/mol. The number of nitrogens with one attached hydrogen (secondary N) is 1. The lowest BCUT2D eigenvalue weighted by molar-refractivity contribution is -0.385. The Morgan fingerprint density at radius 1 is 1.06 bits per heavy atom. The van der Waals surface area contributed by atoms with Crippen LogP contribution in [0.4, 0.5) is 5.69 Å². The Hall–Kier alpha value is -4.11. The number of rotatable bonds is 10. The maximum atomic E-state index is 12.0. The van der Waals surface area contributed by atoms with E-state index in [1.165, 1.54) is 19.2 Å². The molecule has 3 aromatic carbocycles. The van der Waals surface area contributed by atoms with Crippen LogP contribution in [0, 0.1) is 10.1 Å². The third-order valence-electron chi connectivity index (χ3n) is 4.34. The van der Waals surface area contributed by atoms with Gasteiger partial charge in [0, 0.05) is 0 Å². The third kappa shape index (κ3) is 6.68. The number of hydrogen-bond acceptors (Lipinski definition) is 7. The smallest absolute Gasteiger partial charge is 0.282 e. The van der Waals surface area contributed by atoms with Crippen LogP contribution in [0.3, 0.4) is 0 Å². The van der Waals surface area contributed by atoms with Crippen molar-refractivity contribution in [1.82, 2.24) is 5.43 Å². The highest BCUT2D eigenvalue weighted by Crippen LogP contribution is 2.34. The van der Waals surface area contributed by atoms with Crippen molar-refractivity contribution < 1.29 is 23.9 Å². The molecule has 0 fully saturated rings. The van der Waals surface area contributed by atoms with Crippen LogP contribution in [0.15, 0.2) is 71.8 Å². The zero-order chi connectivity index (χ0) is 23.6. The second kappa shape index (κ2) is 11.5. The minimum atomic E-state index is -0.571. The second-order valence-corrected chi connectivity index (χ2v) is 7.01. The number of amides is 1. The fraction of sp³-hybridized carbons (Fsp3) is 0.130. The number of carbonyl (C=O) groups excluding carboxylic acids is 1. The van der Waals surface area contributed by atoms with Crippen LogP contribution in [0.1, 0.15) is 11.1 Å². The number of para-hydroxylation sites is 1. The number of hydrazone groups is 1. The molecule has 0 aliphatic rings. The van der Waals surface area contributed by atoms with E-state index in [4.69, 9.17) is 25.8 Å². The number of nitro groups is 1. The molecule has 9 nitrogen and oxygen atoms in total. The Morgan fingerprint density at radius 3 is 2.48 bits per heavy atom. The molecule has 0 saturated carbocycles. The van der Waals surface area contributed by atoms with Crippen LogP contribution in [-0.4, -0.2) is 30.8 Å². The summed E-state index contributed by atoms with van der Waals surface area (Å²) in [4.78, 5) is 23.0. The van der Waals surface area contributed by atoms with Crippen LogP contribution in [0.25, 0.3) is 0 Å². The maximum Gasteiger partial charge on any atom is 0.282 e. The van der Waals surface area contributed by atoms with Crippen molar-refractivity contribution in [3.8, 4) is 17.2 Å². The fourth-order valence-corrected chi connectivity index (χ4v) is 2.94. The molecule has 0 unspecified atom stereocenters. The van der Waals surface area contributed by atoms with E-state index >= 15 is 0 Å². The van der Waals surface area contributed by atoms with Crippen molar-refractivity contribution >= 4 is 29.4 Å². The van der Waals surface area contributed by atoms with E-state index in [9.17, 15) is 14.9 Å². The lowest BCUT2D eigenvalue weighted by Gasteiger charge is -2.12. The molecule has 0 aliphatic heterocycles. The van der Waals surface area contributed by atoms with Crippen molar-refractivity contribution in [2.45, 2.75) is 6.61 Å². The summed E-state index contributed by atoms with van der Waals surface area (Å²) in [6, 6.07) is 18.7. The van der Waals surface area contributed by atoms with Crippen LogP contribution in [-0.2, 0) is 11.4 Å². The molecule has 3 aromatic rings. The van der Waals surface area contributed by atoms with Crippen molar-refractivity contribution in [2.75, 3.05) is 13.7 Å². The molecule has 0 saturated heterocycles. The minimum absolute atomic E-state index is 0.122. The molecule has 0 heterocycles. The van der Waals surface area contributed by atoms with Crippen LogP contribution in [0.5, 0.6) is 17.2 Å². The Bertz CT molecular complexity index is 1150. The van der Waals surface area contributed by atoms with Gasteiger partial charge in [-0.2, -0.15) is 5.10 Å². The van der Waals surface area contributed by atoms with Crippen molar-refractivity contribution in [3.63, 3.8) is 0 Å². The topological polar surface area (TPSA) is 112 Å². The molecule has 0 radical (unpaired) electrons. The van der Waals surface area contributed by atoms with Gasteiger partial charge in [0.05, 0.1) is 34.9 Å². The summed E-state index contributed by atoms with van der Waals surface area (Å²) in [6.07, 6.45) is 1.15. The molecule has 0 spiro atoms. The standard InChI is InChI=1S/C23H20ClN3O6/c1-31-21-11-17(13-25-26-23(28)15-33-20-10-6-5-9-18(20)24)19(27(29)30)12-22(21)32-14-16-7-3-2-4-8-16/h2-13H,14-15H2,1H3,(H,26,28)/b25-13-. The van der Waals surface area contributed by atoms with Gasteiger partial charge in [0.2, 0.25) is 0 Å². The Balaban J connectivity index is 1.68. The van der Waals surface area contributed by atoms with E-state index in [0.717, 1.165) is 11.8 Å². The van der Waals surface area contributed by atoms with E-state index in [1.54, 1.807) is 24.3 Å². The normalized spacial score (nSPS) is 10.6. The van der Waals surface area contributed by atoms with Gasteiger partial charge in [-0.25, -0.2) is 5.43 Å². The van der Waals surface area contributed by atoms with Crippen LogP contribution in [0.2, 0.25) is 5.02 Å². The maximum absolute atomic E-state index is 12.0. The largest absolute Gasteiger partial charge is 0.493 e. The summed E-state index contributed by atoms with van der Waals surface area (Å²) in [6.45, 7) is -0.123. The van der Waals surface area contributed by atoms with Gasteiger partial charge in [-0.15, -0.1) is 0 Å². The predicted octanol–water partition coefficient (Wildman–Crippen LogP) is 4.36. The lowest BCUT2D eigenvalue weighted by atomic mass is 10.1. The summed E-state index contributed by atoms with van der Waals surface area (Å²) in [7, 11) is 1.42. The van der Waals surface area contributed by atoms with Crippen molar-refractivity contribution in [3.05, 3.63) is 93.0 Å². The van der Waals surface area contributed by atoms with E-state index in [-0.39, 0.29) is 36.0 Å². The van der Waals surface area contributed by atoms with Gasteiger partial charge in [0.15, 0.2) is 18.1 Å². The fourth-order valence-electron chi connectivity index (χ4n) is 2.75. The number of nitrogens with zero attached hydrogens (tertiary/aromatic N) is 2. The summed E-state index contributed by atoms with van der Waals surface area (Å²) in [5.74, 6) is 0.280. The zero-order valence-corrected chi connectivity index (χ0v) is 18.3. The van der Waals surface area contributed by atoms with E-state index in [1.807, 2.05) is 30.3 Å². The predicted molar refractivity (Wildman–Crippen MR) is 123 cm³/mol. The first-order valence-corrected chi connectivity index (χ1v) is 10.1.